The Morgan fingerprint density at radius 3 is 2.65 bits per heavy atom. The van der Waals surface area contributed by atoms with Crippen molar-refractivity contribution in [1.82, 2.24) is 0 Å². The van der Waals surface area contributed by atoms with Gasteiger partial charge in [0.25, 0.3) is 0 Å². The van der Waals surface area contributed by atoms with Crippen molar-refractivity contribution in [2.24, 2.45) is 5.92 Å². The van der Waals surface area contributed by atoms with Gasteiger partial charge in [0.2, 0.25) is 5.78 Å². The van der Waals surface area contributed by atoms with E-state index in [9.17, 15) is 13.2 Å². The fourth-order valence-corrected chi connectivity index (χ4v) is 4.01. The first-order chi connectivity index (χ1) is 8.07. The SMILES string of the molecule is O=C(CS(=O)(=O)CC1CCCC1)c1ccco1. The van der Waals surface area contributed by atoms with Crippen molar-refractivity contribution in [3.8, 4) is 0 Å². The Kier molecular flexibility index (Phi) is 3.66. The molecule has 1 saturated carbocycles. The molecule has 17 heavy (non-hydrogen) atoms. The standard InChI is InChI=1S/C12H16O4S/c13-11(12-6-3-7-16-12)9-17(14,15)8-10-4-1-2-5-10/h3,6-7,10H,1-2,4-5,8-9H2. The molecule has 0 spiro atoms. The Morgan fingerprint density at radius 1 is 1.35 bits per heavy atom. The Morgan fingerprint density at radius 2 is 2.06 bits per heavy atom. The average Bonchev–Trinajstić information content (AvgIpc) is 2.85. The molecule has 0 amide bonds. The number of ketones is 1. The van der Waals surface area contributed by atoms with E-state index < -0.39 is 21.4 Å². The molecule has 94 valence electrons. The van der Waals surface area contributed by atoms with Gasteiger partial charge in [-0.25, -0.2) is 8.42 Å². The maximum absolute atomic E-state index is 11.8. The highest BCUT2D eigenvalue weighted by atomic mass is 32.2. The van der Waals surface area contributed by atoms with Crippen molar-refractivity contribution in [3.05, 3.63) is 24.2 Å². The average molecular weight is 256 g/mol. The summed E-state index contributed by atoms with van der Waals surface area (Å²) in [5, 5.41) is 0. The first-order valence-electron chi connectivity index (χ1n) is 5.84. The molecule has 0 bridgehead atoms. The van der Waals surface area contributed by atoms with E-state index >= 15 is 0 Å². The Labute approximate surface area is 101 Å². The Balaban J connectivity index is 1.95. The molecule has 5 heteroatoms. The molecule has 1 aliphatic carbocycles. The van der Waals surface area contributed by atoms with Gasteiger partial charge in [-0.15, -0.1) is 0 Å². The maximum Gasteiger partial charge on any atom is 0.212 e. The highest BCUT2D eigenvalue weighted by molar-refractivity contribution is 7.92. The van der Waals surface area contributed by atoms with Gasteiger partial charge >= 0.3 is 0 Å². The molecule has 1 aliphatic rings. The molecule has 1 aromatic heterocycles. The first kappa shape index (κ1) is 12.4. The smallest absolute Gasteiger partial charge is 0.212 e. The molecule has 0 radical (unpaired) electrons. The van der Waals surface area contributed by atoms with Crippen molar-refractivity contribution in [2.45, 2.75) is 25.7 Å². The van der Waals surface area contributed by atoms with Crippen LogP contribution in [0.3, 0.4) is 0 Å². The van der Waals surface area contributed by atoms with Crippen LogP contribution in [0.25, 0.3) is 0 Å². The summed E-state index contributed by atoms with van der Waals surface area (Å²) in [4.78, 5) is 11.6. The molecule has 1 heterocycles. The normalized spacial score (nSPS) is 17.4. The van der Waals surface area contributed by atoms with Gasteiger partial charge in [-0.2, -0.15) is 0 Å². The van der Waals surface area contributed by atoms with Crippen LogP contribution in [0.1, 0.15) is 36.2 Å². The van der Waals surface area contributed by atoms with Crippen molar-refractivity contribution in [3.63, 3.8) is 0 Å². The van der Waals surface area contributed by atoms with Gasteiger partial charge < -0.3 is 4.42 Å². The predicted octanol–water partition coefficient (Wildman–Crippen LogP) is 2.07. The van der Waals surface area contributed by atoms with Crippen LogP contribution >= 0.6 is 0 Å². The van der Waals surface area contributed by atoms with Crippen molar-refractivity contribution in [1.29, 1.82) is 0 Å². The van der Waals surface area contributed by atoms with Gasteiger partial charge in [0.05, 0.1) is 12.0 Å². The molecule has 0 N–H and O–H groups in total. The van der Waals surface area contributed by atoms with Gasteiger partial charge in [0.1, 0.15) is 5.75 Å². The molecule has 1 fully saturated rings. The molecule has 0 atom stereocenters. The number of sulfone groups is 1. The van der Waals surface area contributed by atoms with E-state index in [0.717, 1.165) is 25.7 Å². The van der Waals surface area contributed by atoms with Crippen LogP contribution in [-0.4, -0.2) is 25.7 Å². The summed E-state index contributed by atoms with van der Waals surface area (Å²) in [5.74, 6) is -0.381. The minimum atomic E-state index is -3.30. The second kappa shape index (κ2) is 5.04. The molecular formula is C12H16O4S. The topological polar surface area (TPSA) is 64.3 Å². The third-order valence-electron chi connectivity index (χ3n) is 3.11. The van der Waals surface area contributed by atoms with Crippen LogP contribution in [-0.2, 0) is 9.84 Å². The van der Waals surface area contributed by atoms with Crippen molar-refractivity contribution >= 4 is 15.6 Å². The second-order valence-corrected chi connectivity index (χ2v) is 6.71. The molecule has 0 aliphatic heterocycles. The van der Waals surface area contributed by atoms with Crippen LogP contribution in [0.15, 0.2) is 22.8 Å². The fourth-order valence-electron chi connectivity index (χ4n) is 2.30. The molecule has 0 aromatic carbocycles. The van der Waals surface area contributed by atoms with Crippen LogP contribution in [0.2, 0.25) is 0 Å². The summed E-state index contributed by atoms with van der Waals surface area (Å²) in [6.07, 6.45) is 5.51. The lowest BCUT2D eigenvalue weighted by Gasteiger charge is -2.08. The van der Waals surface area contributed by atoms with Gasteiger partial charge in [-0.05, 0) is 30.9 Å². The van der Waals surface area contributed by atoms with E-state index in [1.54, 1.807) is 6.07 Å². The number of hydrogen-bond acceptors (Lipinski definition) is 4. The molecule has 1 aromatic rings. The van der Waals surface area contributed by atoms with E-state index in [-0.39, 0.29) is 17.4 Å². The number of Topliss-reactive ketones (excluding diaryl/α,β-unsaturated/α-hetero) is 1. The molecular weight excluding hydrogens is 240 g/mol. The van der Waals surface area contributed by atoms with E-state index in [1.165, 1.54) is 12.3 Å². The zero-order chi connectivity index (χ0) is 12.3. The predicted molar refractivity (Wildman–Crippen MR) is 63.7 cm³/mol. The summed E-state index contributed by atoms with van der Waals surface area (Å²) < 4.78 is 28.6. The Bertz CT molecular complexity index is 467. The van der Waals surface area contributed by atoms with E-state index in [1.807, 2.05) is 0 Å². The summed E-state index contributed by atoms with van der Waals surface area (Å²) in [6.45, 7) is 0. The summed E-state index contributed by atoms with van der Waals surface area (Å²) in [5.41, 5.74) is 0. The minimum Gasteiger partial charge on any atom is -0.461 e. The third kappa shape index (κ3) is 3.43. The van der Waals surface area contributed by atoms with Crippen molar-refractivity contribution < 1.29 is 17.6 Å². The zero-order valence-electron chi connectivity index (χ0n) is 9.59. The molecule has 0 unspecified atom stereocenters. The Hall–Kier alpha value is -1.10. The largest absolute Gasteiger partial charge is 0.461 e. The highest BCUT2D eigenvalue weighted by Gasteiger charge is 2.25. The fraction of sp³-hybridized carbons (Fsp3) is 0.583. The second-order valence-electron chi connectivity index (χ2n) is 4.61. The summed E-state index contributed by atoms with van der Waals surface area (Å²) >= 11 is 0. The zero-order valence-corrected chi connectivity index (χ0v) is 10.4. The number of carbonyl (C=O) groups excluding carboxylic acids is 1. The molecule has 4 nitrogen and oxygen atoms in total. The van der Waals surface area contributed by atoms with E-state index in [2.05, 4.69) is 0 Å². The first-order valence-corrected chi connectivity index (χ1v) is 7.66. The third-order valence-corrected chi connectivity index (χ3v) is 4.79. The minimum absolute atomic E-state index is 0.125. The van der Waals surface area contributed by atoms with E-state index in [0.29, 0.717) is 0 Å². The summed E-state index contributed by atoms with van der Waals surface area (Å²) in [6, 6.07) is 3.07. The molecule has 2 rings (SSSR count). The quantitative estimate of drug-likeness (QED) is 0.756. The number of carbonyl (C=O) groups is 1. The number of rotatable bonds is 5. The summed E-state index contributed by atoms with van der Waals surface area (Å²) in [7, 11) is -3.30. The van der Waals surface area contributed by atoms with Gasteiger partial charge in [0.15, 0.2) is 15.6 Å². The van der Waals surface area contributed by atoms with Crippen molar-refractivity contribution in [2.75, 3.05) is 11.5 Å². The van der Waals surface area contributed by atoms with Gasteiger partial charge in [0, 0.05) is 0 Å². The van der Waals surface area contributed by atoms with Gasteiger partial charge in [-0.1, -0.05) is 12.8 Å². The van der Waals surface area contributed by atoms with Crippen LogP contribution in [0.5, 0.6) is 0 Å². The number of furan rings is 1. The lowest BCUT2D eigenvalue weighted by atomic mass is 10.1. The lowest BCUT2D eigenvalue weighted by Crippen LogP contribution is -2.22. The van der Waals surface area contributed by atoms with E-state index in [4.69, 9.17) is 4.42 Å². The van der Waals surface area contributed by atoms with Gasteiger partial charge in [-0.3, -0.25) is 4.79 Å². The van der Waals surface area contributed by atoms with Crippen LogP contribution < -0.4 is 0 Å². The van der Waals surface area contributed by atoms with Crippen LogP contribution in [0, 0.1) is 5.92 Å². The highest BCUT2D eigenvalue weighted by Crippen LogP contribution is 2.26. The lowest BCUT2D eigenvalue weighted by molar-refractivity contribution is 0.0990. The molecule has 0 saturated heterocycles. The maximum atomic E-state index is 11.8. The monoisotopic (exact) mass is 256 g/mol. The number of hydrogen-bond donors (Lipinski definition) is 0. The van der Waals surface area contributed by atoms with Crippen LogP contribution in [0.4, 0.5) is 0 Å².